The van der Waals surface area contributed by atoms with Gasteiger partial charge in [-0.1, -0.05) is 67.8 Å². The highest BCUT2D eigenvalue weighted by Crippen LogP contribution is 2.23. The third-order valence-electron chi connectivity index (χ3n) is 5.43. The smallest absolute Gasteiger partial charge is 0.244 e. The van der Waals surface area contributed by atoms with Crippen molar-refractivity contribution in [1.29, 1.82) is 0 Å². The van der Waals surface area contributed by atoms with Crippen molar-refractivity contribution in [2.75, 3.05) is 23.7 Å². The van der Waals surface area contributed by atoms with E-state index in [4.69, 9.17) is 11.6 Å². The number of unbranched alkanes of at least 4 members (excludes halogenated alkanes) is 1. The lowest BCUT2D eigenvalue weighted by Gasteiger charge is -2.33. The predicted octanol–water partition coefficient (Wildman–Crippen LogP) is 4.14. The number of nitrogens with one attached hydrogen (secondary N) is 1. The molecule has 2 aromatic carbocycles. The summed E-state index contributed by atoms with van der Waals surface area (Å²) in [6.07, 6.45) is 3.21. The first-order valence-electron chi connectivity index (χ1n) is 11.4. The van der Waals surface area contributed by atoms with Crippen LogP contribution in [0.4, 0.5) is 5.69 Å². The Morgan fingerprint density at radius 2 is 1.79 bits per heavy atom. The summed E-state index contributed by atoms with van der Waals surface area (Å²) in [4.78, 5) is 28.1. The molecule has 1 atom stereocenters. The van der Waals surface area contributed by atoms with E-state index < -0.39 is 28.5 Å². The Balaban J connectivity index is 2.40. The number of amides is 2. The molecule has 0 heterocycles. The van der Waals surface area contributed by atoms with Crippen molar-refractivity contribution in [2.24, 2.45) is 0 Å². The number of aryl methyl sites for hydroxylation is 1. The van der Waals surface area contributed by atoms with E-state index in [1.807, 2.05) is 45.0 Å². The third kappa shape index (κ3) is 8.02. The van der Waals surface area contributed by atoms with Crippen molar-refractivity contribution in [3.05, 3.63) is 64.7 Å². The molecule has 0 saturated carbocycles. The number of carbonyl (C=O) groups is 2. The summed E-state index contributed by atoms with van der Waals surface area (Å²) >= 11 is 6.07. The third-order valence-corrected chi connectivity index (χ3v) is 6.80. The number of nitrogens with zero attached hydrogens (tertiary/aromatic N) is 2. The number of halogens is 1. The number of benzene rings is 2. The second kappa shape index (κ2) is 12.8. The summed E-state index contributed by atoms with van der Waals surface area (Å²) in [5, 5.41) is 3.27. The molecule has 0 aromatic heterocycles. The van der Waals surface area contributed by atoms with Crippen LogP contribution in [0, 0.1) is 6.92 Å². The van der Waals surface area contributed by atoms with Crippen LogP contribution in [0.25, 0.3) is 0 Å². The Morgan fingerprint density at radius 1 is 1.09 bits per heavy atom. The molecule has 0 aliphatic rings. The largest absolute Gasteiger partial charge is 0.354 e. The van der Waals surface area contributed by atoms with Gasteiger partial charge in [0, 0.05) is 18.1 Å². The number of hydrogen-bond donors (Lipinski definition) is 1. The number of carbonyl (C=O) groups excluding carboxylic acids is 2. The maximum absolute atomic E-state index is 13.6. The summed E-state index contributed by atoms with van der Waals surface area (Å²) in [7, 11) is -3.79. The Morgan fingerprint density at radius 3 is 2.38 bits per heavy atom. The molecule has 2 amide bonds. The molecule has 0 aliphatic carbocycles. The summed E-state index contributed by atoms with van der Waals surface area (Å²) in [5.41, 5.74) is 2.18. The summed E-state index contributed by atoms with van der Waals surface area (Å²) < 4.78 is 26.2. The first-order chi connectivity index (χ1) is 16.1. The van der Waals surface area contributed by atoms with Crippen LogP contribution in [0.3, 0.4) is 0 Å². The van der Waals surface area contributed by atoms with Crippen molar-refractivity contribution in [1.82, 2.24) is 10.2 Å². The quantitative estimate of drug-likeness (QED) is 0.437. The highest BCUT2D eigenvalue weighted by atomic mass is 35.5. The molecule has 2 rings (SSSR count). The SMILES string of the molecule is CCCCNC(=O)[C@@H](CC)N(Cc1cccc(C)c1)C(=O)CN(c1cccc(Cl)c1)S(C)(=O)=O. The van der Waals surface area contributed by atoms with Crippen LogP contribution in [-0.4, -0.2) is 50.5 Å². The van der Waals surface area contributed by atoms with Gasteiger partial charge in [0.25, 0.3) is 0 Å². The second-order valence-corrected chi connectivity index (χ2v) is 10.7. The average molecular weight is 508 g/mol. The Bertz CT molecular complexity index is 1090. The number of hydrogen-bond acceptors (Lipinski definition) is 4. The van der Waals surface area contributed by atoms with E-state index in [9.17, 15) is 18.0 Å². The minimum absolute atomic E-state index is 0.188. The minimum atomic E-state index is -3.79. The fourth-order valence-electron chi connectivity index (χ4n) is 3.68. The molecule has 9 heteroatoms. The van der Waals surface area contributed by atoms with E-state index in [1.54, 1.807) is 18.2 Å². The first-order valence-corrected chi connectivity index (χ1v) is 13.7. The molecule has 0 spiro atoms. The Hall–Kier alpha value is -2.58. The lowest BCUT2D eigenvalue weighted by Crippen LogP contribution is -2.52. The maximum atomic E-state index is 13.6. The standard InChI is InChI=1S/C25H34ClN3O4S/c1-5-7-14-27-25(31)23(6-2)28(17-20-11-8-10-19(3)15-20)24(30)18-29(34(4,32)33)22-13-9-12-21(26)16-22/h8-13,15-16,23H,5-7,14,17-18H2,1-4H3,(H,27,31)/t23-/m1/s1. The Labute approximate surface area is 208 Å². The van der Waals surface area contributed by atoms with Gasteiger partial charge in [-0.05, 0) is 43.5 Å². The van der Waals surface area contributed by atoms with Crippen molar-refractivity contribution in [2.45, 2.75) is 52.6 Å². The molecule has 0 radical (unpaired) electrons. The molecule has 0 fully saturated rings. The molecule has 0 aliphatic heterocycles. The fraction of sp³-hybridized carbons (Fsp3) is 0.440. The molecular formula is C25H34ClN3O4S. The van der Waals surface area contributed by atoms with E-state index in [2.05, 4.69) is 5.32 Å². The Kier molecular flexibility index (Phi) is 10.4. The van der Waals surface area contributed by atoms with E-state index in [-0.39, 0.29) is 12.5 Å². The number of anilines is 1. The molecular weight excluding hydrogens is 474 g/mol. The zero-order chi connectivity index (χ0) is 25.3. The van der Waals surface area contributed by atoms with E-state index in [0.29, 0.717) is 23.7 Å². The number of rotatable bonds is 12. The molecule has 7 nitrogen and oxygen atoms in total. The van der Waals surface area contributed by atoms with E-state index in [0.717, 1.165) is 34.5 Å². The molecule has 0 saturated heterocycles. The summed E-state index contributed by atoms with van der Waals surface area (Å²) in [6.45, 7) is 6.10. The fourth-order valence-corrected chi connectivity index (χ4v) is 4.70. The second-order valence-electron chi connectivity index (χ2n) is 8.33. The van der Waals surface area contributed by atoms with Crippen LogP contribution in [0.2, 0.25) is 5.02 Å². The van der Waals surface area contributed by atoms with Gasteiger partial charge in [-0.2, -0.15) is 0 Å². The molecule has 2 aromatic rings. The van der Waals surface area contributed by atoms with Crippen molar-refractivity contribution in [3.8, 4) is 0 Å². The topological polar surface area (TPSA) is 86.8 Å². The van der Waals surface area contributed by atoms with Gasteiger partial charge in [0.15, 0.2) is 0 Å². The van der Waals surface area contributed by atoms with Crippen molar-refractivity contribution in [3.63, 3.8) is 0 Å². The maximum Gasteiger partial charge on any atom is 0.244 e. The predicted molar refractivity (Wildman–Crippen MR) is 137 cm³/mol. The first kappa shape index (κ1) is 27.7. The van der Waals surface area contributed by atoms with Gasteiger partial charge >= 0.3 is 0 Å². The average Bonchev–Trinajstić information content (AvgIpc) is 2.76. The van der Waals surface area contributed by atoms with Gasteiger partial charge in [-0.15, -0.1) is 0 Å². The molecule has 1 N–H and O–H groups in total. The van der Waals surface area contributed by atoms with Crippen LogP contribution in [0.15, 0.2) is 48.5 Å². The lowest BCUT2D eigenvalue weighted by molar-refractivity contribution is -0.140. The van der Waals surface area contributed by atoms with Crippen LogP contribution < -0.4 is 9.62 Å². The highest BCUT2D eigenvalue weighted by Gasteiger charge is 2.31. The molecule has 34 heavy (non-hydrogen) atoms. The minimum Gasteiger partial charge on any atom is -0.354 e. The van der Waals surface area contributed by atoms with Crippen LogP contribution in [0.1, 0.15) is 44.2 Å². The van der Waals surface area contributed by atoms with Crippen molar-refractivity contribution >= 4 is 39.1 Å². The van der Waals surface area contributed by atoms with E-state index in [1.165, 1.54) is 11.0 Å². The monoisotopic (exact) mass is 507 g/mol. The van der Waals surface area contributed by atoms with Crippen LogP contribution >= 0.6 is 11.6 Å². The van der Waals surface area contributed by atoms with Gasteiger partial charge in [-0.3, -0.25) is 13.9 Å². The molecule has 0 bridgehead atoms. The van der Waals surface area contributed by atoms with Gasteiger partial charge < -0.3 is 10.2 Å². The van der Waals surface area contributed by atoms with Gasteiger partial charge in [-0.25, -0.2) is 8.42 Å². The molecule has 0 unspecified atom stereocenters. The van der Waals surface area contributed by atoms with Crippen LogP contribution in [-0.2, 0) is 26.2 Å². The molecule has 186 valence electrons. The van der Waals surface area contributed by atoms with E-state index >= 15 is 0 Å². The van der Waals surface area contributed by atoms with Crippen LogP contribution in [0.5, 0.6) is 0 Å². The normalized spacial score (nSPS) is 12.1. The highest BCUT2D eigenvalue weighted by molar-refractivity contribution is 7.92. The summed E-state index contributed by atoms with van der Waals surface area (Å²) in [5.74, 6) is -0.713. The van der Waals surface area contributed by atoms with Crippen molar-refractivity contribution < 1.29 is 18.0 Å². The number of sulfonamides is 1. The zero-order valence-electron chi connectivity index (χ0n) is 20.3. The van der Waals surface area contributed by atoms with Gasteiger partial charge in [0.1, 0.15) is 12.6 Å². The summed E-state index contributed by atoms with van der Waals surface area (Å²) in [6, 6.07) is 13.3. The lowest BCUT2D eigenvalue weighted by atomic mass is 10.1. The van der Waals surface area contributed by atoms with Gasteiger partial charge in [0.2, 0.25) is 21.8 Å². The van der Waals surface area contributed by atoms with Gasteiger partial charge in [0.05, 0.1) is 11.9 Å². The zero-order valence-corrected chi connectivity index (χ0v) is 21.8.